The Morgan fingerprint density at radius 3 is 1.32 bits per heavy atom. The highest BCUT2D eigenvalue weighted by Crippen LogP contribution is 2.60. The van der Waals surface area contributed by atoms with Crippen molar-refractivity contribution < 1.29 is 18.7 Å². The van der Waals surface area contributed by atoms with E-state index in [1.165, 1.54) is 11.1 Å². The minimum absolute atomic E-state index is 0. The number of para-hydroxylation sites is 2. The number of hydrogen-bond acceptors (Lipinski definition) is 4. The number of ketones is 1. The lowest BCUT2D eigenvalue weighted by molar-refractivity contribution is 0.104. The fourth-order valence-corrected chi connectivity index (χ4v) is 14.8. The molecule has 0 fully saturated rings. The lowest BCUT2D eigenvalue weighted by Crippen LogP contribution is -2.27. The van der Waals surface area contributed by atoms with Crippen molar-refractivity contribution in [2.45, 2.75) is 13.0 Å². The molecule has 12 aromatic carbocycles. The first-order chi connectivity index (χ1) is 38.6. The van der Waals surface area contributed by atoms with Gasteiger partial charge in [0.05, 0.1) is 0 Å². The molecule has 2 heterocycles. The molecule has 1 atom stereocenters. The summed E-state index contributed by atoms with van der Waals surface area (Å²) in [6, 6.07) is 77.6. The third-order valence-electron chi connectivity index (χ3n) is 15.3. The monoisotopic (exact) mass is 1350 g/mol. The second-order valence-corrected chi connectivity index (χ2v) is 23.9. The van der Waals surface area contributed by atoms with Crippen molar-refractivity contribution in [3.63, 3.8) is 0 Å². The Morgan fingerprint density at radius 1 is 0.325 bits per heavy atom. The average Bonchev–Trinajstić information content (AvgIpc) is 4.34. The van der Waals surface area contributed by atoms with Crippen molar-refractivity contribution in [2.24, 2.45) is 0 Å². The van der Waals surface area contributed by atoms with Gasteiger partial charge < -0.3 is 13.9 Å². The first-order valence-electron chi connectivity index (χ1n) is 25.5. The summed E-state index contributed by atoms with van der Waals surface area (Å²) in [6.45, 7) is 0. The molecule has 2 aromatic heterocycles. The lowest BCUT2D eigenvalue weighted by atomic mass is 9.80. The molecule has 16 rings (SSSR count). The molecule has 0 spiro atoms. The lowest BCUT2D eigenvalue weighted by Gasteiger charge is -2.29. The first-order valence-corrected chi connectivity index (χ1v) is 29.5. The number of fused-ring (bicyclic) bond motifs is 18. The largest absolute Gasteiger partial charge is 0.455 e. The Labute approximate surface area is 503 Å². The standard InChI is InChI=1S/C35H20Br2O2.C23H10Br2O2.C12H9Br.CH4/c36-28-18-26-31(23-14-5-4-13-22(23)28)33-27(19-29(37)32-24-15-7-9-17-30(24)39-34(32)33)35(26,38)25-16-8-6-12-21(25)20-10-2-1-3-11-20;24-16-9-14-19(12-6-2-1-5-11(12)16)21-15(22(14)26)10-17(25)20-13-7-3-4-8-18(13)27-23(20)21;13-12-9-5-4-8-11(12)10-6-2-1-3-7-10;/h1-19,38H;1-10H;1-9H;1H4. The van der Waals surface area contributed by atoms with Gasteiger partial charge in [-0.3, -0.25) is 4.79 Å². The van der Waals surface area contributed by atoms with Crippen LogP contribution < -0.4 is 0 Å². The van der Waals surface area contributed by atoms with Gasteiger partial charge in [-0.05, 0) is 118 Å². The van der Waals surface area contributed by atoms with E-state index >= 15 is 0 Å². The molecule has 386 valence electrons. The molecular weight excluding hydrogens is 1320 g/mol. The third kappa shape index (κ3) is 8.22. The van der Waals surface area contributed by atoms with Crippen LogP contribution in [-0.2, 0) is 5.60 Å². The van der Waals surface area contributed by atoms with E-state index < -0.39 is 5.60 Å². The minimum Gasteiger partial charge on any atom is -0.455 e. The molecule has 80 heavy (non-hydrogen) atoms. The molecule has 14 aromatic rings. The fraction of sp³-hybridized carbons (Fsp3) is 0.0282. The van der Waals surface area contributed by atoms with E-state index in [1.54, 1.807) is 0 Å². The minimum atomic E-state index is -1.42. The van der Waals surface area contributed by atoms with E-state index in [-0.39, 0.29) is 13.2 Å². The molecule has 0 radical (unpaired) electrons. The second-order valence-electron chi connectivity index (χ2n) is 19.6. The van der Waals surface area contributed by atoms with E-state index in [9.17, 15) is 9.90 Å². The van der Waals surface area contributed by atoms with Crippen molar-refractivity contribution >= 4 is 151 Å². The number of rotatable bonds is 3. The highest BCUT2D eigenvalue weighted by atomic mass is 79.9. The van der Waals surface area contributed by atoms with Crippen LogP contribution >= 0.6 is 79.6 Å². The summed E-state index contributed by atoms with van der Waals surface area (Å²) in [4.78, 5) is 13.2. The smallest absolute Gasteiger partial charge is 0.194 e. The summed E-state index contributed by atoms with van der Waals surface area (Å²) >= 11 is 18.5. The molecule has 0 saturated carbocycles. The van der Waals surface area contributed by atoms with Crippen LogP contribution in [0.15, 0.2) is 262 Å². The van der Waals surface area contributed by atoms with Crippen LogP contribution in [0.4, 0.5) is 0 Å². The van der Waals surface area contributed by atoms with Gasteiger partial charge in [0.15, 0.2) is 5.78 Å². The number of benzene rings is 12. The van der Waals surface area contributed by atoms with Crippen LogP contribution in [0.2, 0.25) is 0 Å². The quantitative estimate of drug-likeness (QED) is 0.191. The summed E-state index contributed by atoms with van der Waals surface area (Å²) in [5.74, 6) is 0.0366. The molecule has 4 nitrogen and oxygen atoms in total. The van der Waals surface area contributed by atoms with Gasteiger partial charge in [-0.1, -0.05) is 243 Å². The van der Waals surface area contributed by atoms with Crippen LogP contribution in [0.1, 0.15) is 40.0 Å². The molecule has 1 N–H and O–H groups in total. The van der Waals surface area contributed by atoms with E-state index in [4.69, 9.17) is 8.83 Å². The Hall–Kier alpha value is -7.21. The van der Waals surface area contributed by atoms with Crippen LogP contribution in [0.25, 0.3) is 110 Å². The van der Waals surface area contributed by atoms with Gasteiger partial charge in [-0.2, -0.15) is 0 Å². The molecule has 1 unspecified atom stereocenters. The summed E-state index contributed by atoms with van der Waals surface area (Å²) in [5.41, 5.74) is 14.0. The Bertz CT molecular complexity index is 4830. The molecular formula is C71H43Br5O4. The predicted molar refractivity (Wildman–Crippen MR) is 348 cm³/mol. The molecule has 9 heteroatoms. The summed E-state index contributed by atoms with van der Waals surface area (Å²) < 4.78 is 17.7. The van der Waals surface area contributed by atoms with Crippen molar-refractivity contribution in [3.05, 3.63) is 281 Å². The maximum atomic E-state index is 13.2. The number of carbonyl (C=O) groups is 1. The van der Waals surface area contributed by atoms with Crippen LogP contribution in [0.5, 0.6) is 0 Å². The molecule has 0 amide bonds. The van der Waals surface area contributed by atoms with E-state index in [2.05, 4.69) is 189 Å². The van der Waals surface area contributed by atoms with Crippen molar-refractivity contribution in [3.8, 4) is 44.5 Å². The zero-order valence-corrected chi connectivity index (χ0v) is 49.4. The first kappa shape index (κ1) is 52.2. The zero-order chi connectivity index (χ0) is 53.7. The fourth-order valence-electron chi connectivity index (χ4n) is 11.9. The number of furan rings is 2. The normalized spacial score (nSPS) is 13.8. The Morgan fingerprint density at radius 2 is 0.725 bits per heavy atom. The van der Waals surface area contributed by atoms with E-state index in [1.807, 2.05) is 121 Å². The average molecular weight is 1360 g/mol. The van der Waals surface area contributed by atoms with Gasteiger partial charge in [-0.25, -0.2) is 0 Å². The van der Waals surface area contributed by atoms with Gasteiger partial charge in [-0.15, -0.1) is 0 Å². The van der Waals surface area contributed by atoms with Crippen LogP contribution in [-0.4, -0.2) is 10.9 Å². The highest BCUT2D eigenvalue weighted by Gasteiger charge is 2.47. The van der Waals surface area contributed by atoms with E-state index in [0.717, 1.165) is 143 Å². The SMILES string of the molecule is Brc1ccccc1-c1ccccc1.C.O=C1c2cc(Br)c3ccccc3c2-c2c1cc(Br)c1c2oc2ccccc21.OC1(c2ccccc2-c2ccccc2)c2cc(Br)c3ccccc3c2-c2c1cc(Br)c1c2oc2ccccc21. The Balaban J connectivity index is 0.000000127. The molecule has 2 aliphatic rings. The topological polar surface area (TPSA) is 63.6 Å². The summed E-state index contributed by atoms with van der Waals surface area (Å²) in [5, 5.41) is 21.6. The van der Waals surface area contributed by atoms with Crippen LogP contribution in [0.3, 0.4) is 0 Å². The van der Waals surface area contributed by atoms with Gasteiger partial charge in [0.25, 0.3) is 0 Å². The maximum Gasteiger partial charge on any atom is 0.194 e. The predicted octanol–water partition coefficient (Wildman–Crippen LogP) is 22.4. The second kappa shape index (κ2) is 20.7. The number of hydrogen-bond donors (Lipinski definition) is 1. The third-order valence-corrected chi connectivity index (χ3v) is 18.6. The number of aliphatic hydroxyl groups is 1. The van der Waals surface area contributed by atoms with Gasteiger partial charge >= 0.3 is 0 Å². The van der Waals surface area contributed by atoms with Crippen molar-refractivity contribution in [1.29, 1.82) is 0 Å². The van der Waals surface area contributed by atoms with Crippen molar-refractivity contribution in [1.82, 2.24) is 0 Å². The maximum absolute atomic E-state index is 13.2. The highest BCUT2D eigenvalue weighted by molar-refractivity contribution is 9.11. The molecule has 0 bridgehead atoms. The van der Waals surface area contributed by atoms with Gasteiger partial charge in [0.1, 0.15) is 27.9 Å². The summed E-state index contributed by atoms with van der Waals surface area (Å²) in [6.07, 6.45) is 0. The zero-order valence-electron chi connectivity index (χ0n) is 41.5. The van der Waals surface area contributed by atoms with Crippen LogP contribution in [0, 0.1) is 0 Å². The number of halogens is 5. The van der Waals surface area contributed by atoms with Crippen molar-refractivity contribution in [2.75, 3.05) is 0 Å². The van der Waals surface area contributed by atoms with E-state index in [0.29, 0.717) is 5.56 Å². The molecule has 0 saturated heterocycles. The summed E-state index contributed by atoms with van der Waals surface area (Å²) in [7, 11) is 0. The number of carbonyl (C=O) groups excluding carboxylic acids is 1. The van der Waals surface area contributed by atoms with Gasteiger partial charge in [0, 0.05) is 94.0 Å². The Kier molecular flexibility index (Phi) is 13.5. The molecule has 2 aliphatic carbocycles. The van der Waals surface area contributed by atoms with Gasteiger partial charge in [0.2, 0.25) is 0 Å². The molecule has 0 aliphatic heterocycles.